The van der Waals surface area contributed by atoms with E-state index in [-0.39, 0.29) is 11.3 Å². The lowest BCUT2D eigenvalue weighted by Crippen LogP contribution is -2.40. The third kappa shape index (κ3) is 2.09. The molecular weight excluding hydrogens is 252 g/mol. The third-order valence-electron chi connectivity index (χ3n) is 4.83. The molecule has 0 aromatic carbocycles. The maximum Gasteiger partial charge on any atom is 0.232 e. The molecule has 1 amide bonds. The summed E-state index contributed by atoms with van der Waals surface area (Å²) in [5.41, 5.74) is 1.62. The number of aryl methyl sites for hydroxylation is 2. The van der Waals surface area contributed by atoms with Gasteiger partial charge in [0.1, 0.15) is 11.5 Å². The van der Waals surface area contributed by atoms with E-state index in [0.29, 0.717) is 0 Å². The van der Waals surface area contributed by atoms with Gasteiger partial charge in [0.25, 0.3) is 0 Å². The molecule has 0 radical (unpaired) electrons. The fourth-order valence-corrected chi connectivity index (χ4v) is 3.55. The Hall–Kier alpha value is -1.52. The first-order valence-corrected chi connectivity index (χ1v) is 7.77. The lowest BCUT2D eigenvalue weighted by Gasteiger charge is -2.29. The number of hydrogen-bond donors (Lipinski definition) is 2. The zero-order valence-corrected chi connectivity index (χ0v) is 12.5. The van der Waals surface area contributed by atoms with Gasteiger partial charge in [-0.15, -0.1) is 0 Å². The molecule has 1 aliphatic carbocycles. The molecule has 5 heteroatoms. The molecule has 0 unspecified atom stereocenters. The number of anilines is 2. The Kier molecular flexibility index (Phi) is 3.44. The van der Waals surface area contributed by atoms with Crippen LogP contribution in [0.15, 0.2) is 0 Å². The summed E-state index contributed by atoms with van der Waals surface area (Å²) in [7, 11) is 1.93. The van der Waals surface area contributed by atoms with E-state index in [1.807, 2.05) is 11.7 Å². The number of nitrogens with one attached hydrogen (secondary N) is 2. The Morgan fingerprint density at radius 3 is 2.60 bits per heavy atom. The average Bonchev–Trinajstić information content (AvgIpc) is 2.64. The summed E-state index contributed by atoms with van der Waals surface area (Å²) in [5.74, 6) is 1.14. The second kappa shape index (κ2) is 5.11. The van der Waals surface area contributed by atoms with Crippen molar-refractivity contribution in [3.8, 4) is 0 Å². The van der Waals surface area contributed by atoms with Crippen LogP contribution in [0, 0.1) is 5.41 Å². The molecule has 2 heterocycles. The normalized spacial score (nSPS) is 21.6. The molecule has 1 spiro atoms. The molecule has 110 valence electrons. The third-order valence-corrected chi connectivity index (χ3v) is 4.83. The maximum absolute atomic E-state index is 12.8. The monoisotopic (exact) mass is 276 g/mol. The van der Waals surface area contributed by atoms with Crippen molar-refractivity contribution in [1.29, 1.82) is 0 Å². The second-order valence-electron chi connectivity index (χ2n) is 6.15. The van der Waals surface area contributed by atoms with E-state index in [2.05, 4.69) is 22.7 Å². The van der Waals surface area contributed by atoms with Crippen molar-refractivity contribution in [2.45, 2.75) is 51.9 Å². The number of fused-ring (bicyclic) bond motifs is 1. The number of carbonyl (C=O) groups excluding carboxylic acids is 1. The first kappa shape index (κ1) is 13.5. The molecule has 2 aliphatic rings. The lowest BCUT2D eigenvalue weighted by molar-refractivity contribution is -0.125. The molecule has 5 nitrogen and oxygen atoms in total. The van der Waals surface area contributed by atoms with Crippen molar-refractivity contribution in [2.24, 2.45) is 12.5 Å². The SMILES string of the molecule is CCc1nn(C)c2c1NC(=O)C1(CCCCCC1)CN2. The van der Waals surface area contributed by atoms with Gasteiger partial charge >= 0.3 is 0 Å². The Labute approximate surface area is 120 Å². The zero-order valence-electron chi connectivity index (χ0n) is 12.5. The van der Waals surface area contributed by atoms with Crippen LogP contribution in [0.5, 0.6) is 0 Å². The van der Waals surface area contributed by atoms with Gasteiger partial charge in [0.15, 0.2) is 0 Å². The Balaban J connectivity index is 1.93. The summed E-state index contributed by atoms with van der Waals surface area (Å²) < 4.78 is 1.85. The first-order valence-electron chi connectivity index (χ1n) is 7.77. The van der Waals surface area contributed by atoms with Crippen LogP contribution in [0.25, 0.3) is 0 Å². The lowest BCUT2D eigenvalue weighted by atomic mass is 9.79. The van der Waals surface area contributed by atoms with Gasteiger partial charge in [-0.2, -0.15) is 5.10 Å². The number of amides is 1. The predicted molar refractivity (Wildman–Crippen MR) is 79.8 cm³/mol. The smallest absolute Gasteiger partial charge is 0.232 e. The highest BCUT2D eigenvalue weighted by Gasteiger charge is 2.41. The number of hydrogen-bond acceptors (Lipinski definition) is 3. The van der Waals surface area contributed by atoms with E-state index < -0.39 is 0 Å². The number of rotatable bonds is 1. The van der Waals surface area contributed by atoms with Gasteiger partial charge in [-0.3, -0.25) is 9.48 Å². The van der Waals surface area contributed by atoms with Gasteiger partial charge in [0.2, 0.25) is 5.91 Å². The van der Waals surface area contributed by atoms with Gasteiger partial charge in [0.05, 0.1) is 11.1 Å². The van der Waals surface area contributed by atoms with Gasteiger partial charge in [0, 0.05) is 13.6 Å². The highest BCUT2D eigenvalue weighted by Crippen LogP contribution is 2.40. The van der Waals surface area contributed by atoms with E-state index in [9.17, 15) is 4.79 Å². The van der Waals surface area contributed by atoms with Crippen LogP contribution in [0.2, 0.25) is 0 Å². The highest BCUT2D eigenvalue weighted by molar-refractivity contribution is 6.00. The molecule has 20 heavy (non-hydrogen) atoms. The van der Waals surface area contributed by atoms with E-state index in [1.165, 1.54) is 12.8 Å². The van der Waals surface area contributed by atoms with Crippen LogP contribution in [-0.4, -0.2) is 22.2 Å². The molecule has 3 rings (SSSR count). The molecule has 0 bridgehead atoms. The largest absolute Gasteiger partial charge is 0.367 e. The molecular formula is C15H24N4O. The molecule has 1 saturated carbocycles. The topological polar surface area (TPSA) is 59.0 Å². The highest BCUT2D eigenvalue weighted by atomic mass is 16.2. The van der Waals surface area contributed by atoms with Crippen LogP contribution in [0.4, 0.5) is 11.5 Å². The first-order chi connectivity index (χ1) is 9.66. The van der Waals surface area contributed by atoms with Crippen LogP contribution >= 0.6 is 0 Å². The van der Waals surface area contributed by atoms with E-state index in [4.69, 9.17) is 0 Å². The number of aromatic nitrogens is 2. The quantitative estimate of drug-likeness (QED) is 0.829. The maximum atomic E-state index is 12.8. The van der Waals surface area contributed by atoms with E-state index in [0.717, 1.165) is 55.8 Å². The van der Waals surface area contributed by atoms with Crippen LogP contribution in [0.1, 0.15) is 51.1 Å². The van der Waals surface area contributed by atoms with Gasteiger partial charge in [-0.05, 0) is 19.3 Å². The summed E-state index contributed by atoms with van der Waals surface area (Å²) in [6.07, 6.45) is 7.64. The van der Waals surface area contributed by atoms with Crippen LogP contribution < -0.4 is 10.6 Å². The molecule has 1 aromatic rings. The summed E-state index contributed by atoms with van der Waals surface area (Å²) in [4.78, 5) is 12.8. The van der Waals surface area contributed by atoms with E-state index >= 15 is 0 Å². The summed E-state index contributed by atoms with van der Waals surface area (Å²) in [5, 5.41) is 11.1. The predicted octanol–water partition coefficient (Wildman–Crippen LogP) is 2.69. The van der Waals surface area contributed by atoms with Crippen LogP contribution in [0.3, 0.4) is 0 Å². The van der Waals surface area contributed by atoms with Gasteiger partial charge < -0.3 is 10.6 Å². The van der Waals surface area contributed by atoms with Crippen LogP contribution in [-0.2, 0) is 18.3 Å². The molecule has 1 aliphatic heterocycles. The summed E-state index contributed by atoms with van der Waals surface area (Å²) in [6, 6.07) is 0. The van der Waals surface area contributed by atoms with Crippen molar-refractivity contribution in [3.05, 3.63) is 5.69 Å². The van der Waals surface area contributed by atoms with Crippen molar-refractivity contribution >= 4 is 17.4 Å². The Bertz CT molecular complexity index is 512. The zero-order chi connectivity index (χ0) is 14.2. The van der Waals surface area contributed by atoms with Crippen molar-refractivity contribution in [3.63, 3.8) is 0 Å². The minimum Gasteiger partial charge on any atom is -0.367 e. The second-order valence-corrected chi connectivity index (χ2v) is 6.15. The molecule has 1 aromatic heterocycles. The minimum absolute atomic E-state index is 0.188. The van der Waals surface area contributed by atoms with Crippen molar-refractivity contribution in [1.82, 2.24) is 9.78 Å². The Morgan fingerprint density at radius 1 is 1.25 bits per heavy atom. The fraction of sp³-hybridized carbons (Fsp3) is 0.733. The summed E-state index contributed by atoms with van der Waals surface area (Å²) in [6.45, 7) is 2.80. The minimum atomic E-state index is -0.236. The molecule has 0 atom stereocenters. The van der Waals surface area contributed by atoms with Crippen molar-refractivity contribution < 1.29 is 4.79 Å². The molecule has 1 fully saturated rings. The standard InChI is InChI=1S/C15H24N4O/c1-3-11-12-13(19(2)18-11)16-10-15(14(20)17-12)8-6-4-5-7-9-15/h16H,3-10H2,1-2H3,(H,17,20). The van der Waals surface area contributed by atoms with E-state index in [1.54, 1.807) is 0 Å². The van der Waals surface area contributed by atoms with Gasteiger partial charge in [-0.25, -0.2) is 0 Å². The Morgan fingerprint density at radius 2 is 1.95 bits per heavy atom. The number of nitrogens with zero attached hydrogens (tertiary/aromatic N) is 2. The fourth-order valence-electron chi connectivity index (χ4n) is 3.55. The number of carbonyl (C=O) groups is 1. The summed E-state index contributed by atoms with van der Waals surface area (Å²) >= 11 is 0. The van der Waals surface area contributed by atoms with Gasteiger partial charge in [-0.1, -0.05) is 32.6 Å². The molecule has 0 saturated heterocycles. The van der Waals surface area contributed by atoms with Crippen molar-refractivity contribution in [2.75, 3.05) is 17.2 Å². The molecule has 2 N–H and O–H groups in total. The average molecular weight is 276 g/mol.